The first-order valence-electron chi connectivity index (χ1n) is 3.55. The molecule has 0 rings (SSSR count). The molecule has 0 aliphatic heterocycles. The minimum Gasteiger partial charge on any atom is -0.342 e. The number of hydrogen-bond acceptors (Lipinski definition) is 2. The monoisotopic (exact) mass is 255 g/mol. The molecule has 0 saturated heterocycles. The molecule has 1 unspecified atom stereocenters. The number of halogens is 1. The maximum atomic E-state index is 5.00. The van der Waals surface area contributed by atoms with Crippen molar-refractivity contribution < 1.29 is 3.07 Å². The summed E-state index contributed by atoms with van der Waals surface area (Å²) >= 11 is 1.93. The Morgan fingerprint density at radius 3 is 2.30 bits per heavy atom. The summed E-state index contributed by atoms with van der Waals surface area (Å²) in [6.07, 6.45) is 0. The van der Waals surface area contributed by atoms with Crippen LogP contribution in [0.3, 0.4) is 0 Å². The van der Waals surface area contributed by atoms with Gasteiger partial charge in [0.25, 0.3) is 0 Å². The normalized spacial score (nSPS) is 14.6. The second-order valence-corrected chi connectivity index (χ2v) is 3.51. The van der Waals surface area contributed by atoms with Crippen molar-refractivity contribution in [3.63, 3.8) is 0 Å². The van der Waals surface area contributed by atoms with Gasteiger partial charge in [0, 0.05) is 6.04 Å². The van der Waals surface area contributed by atoms with Crippen LogP contribution in [0.4, 0.5) is 0 Å². The fourth-order valence-electron chi connectivity index (χ4n) is 0.718. The van der Waals surface area contributed by atoms with Crippen LogP contribution in [0.25, 0.3) is 0 Å². The van der Waals surface area contributed by atoms with Gasteiger partial charge in [-0.05, 0) is 13.0 Å². The minimum absolute atomic E-state index is 0.511. The molecule has 2 nitrogen and oxygen atoms in total. The van der Waals surface area contributed by atoms with E-state index in [4.69, 9.17) is 3.07 Å². The Morgan fingerprint density at radius 2 is 2.00 bits per heavy atom. The van der Waals surface area contributed by atoms with Gasteiger partial charge in [-0.1, -0.05) is 13.8 Å². The highest BCUT2D eigenvalue weighted by molar-refractivity contribution is 14.1. The predicted molar refractivity (Wildman–Crippen MR) is 55.0 cm³/mol. The van der Waals surface area contributed by atoms with E-state index in [1.165, 1.54) is 0 Å². The Hall–Kier alpha value is 0.715. The molecule has 10 heavy (non-hydrogen) atoms. The molecular weight excluding hydrogens is 240 g/mol. The number of nitrogens with zero attached hydrogens (tertiary/aromatic N) is 1. The van der Waals surface area contributed by atoms with Gasteiger partial charge in [0.05, 0.1) is 6.61 Å². The Labute approximate surface area is 78.4 Å². The maximum absolute atomic E-state index is 5.00. The zero-order valence-electron chi connectivity index (χ0n) is 7.10. The zero-order chi connectivity index (χ0) is 8.15. The van der Waals surface area contributed by atoms with E-state index in [9.17, 15) is 0 Å². The van der Waals surface area contributed by atoms with Crippen LogP contribution in [0.5, 0.6) is 0 Å². The molecule has 0 aliphatic carbocycles. The lowest BCUT2D eigenvalue weighted by Crippen LogP contribution is -2.38. The van der Waals surface area contributed by atoms with Crippen molar-refractivity contribution in [1.29, 1.82) is 0 Å². The summed E-state index contributed by atoms with van der Waals surface area (Å²) in [4.78, 5) is 2.29. The van der Waals surface area contributed by atoms with Gasteiger partial charge in [-0.25, -0.2) is 0 Å². The second-order valence-electron chi connectivity index (χ2n) is 2.88. The second kappa shape index (κ2) is 5.38. The van der Waals surface area contributed by atoms with Crippen molar-refractivity contribution in [2.75, 3.05) is 6.61 Å². The van der Waals surface area contributed by atoms with Crippen molar-refractivity contribution in [1.82, 2.24) is 4.81 Å². The quantitative estimate of drug-likeness (QED) is 0.548. The summed E-state index contributed by atoms with van der Waals surface area (Å²) < 4.78 is 5.00. The molecule has 4 heteroatoms. The minimum atomic E-state index is 0.511. The molecule has 0 heterocycles. The third-order valence-corrected chi connectivity index (χ3v) is 2.17. The van der Waals surface area contributed by atoms with E-state index in [2.05, 4.69) is 33.6 Å². The van der Waals surface area contributed by atoms with Gasteiger partial charge in [0.1, 0.15) is 23.0 Å². The van der Waals surface area contributed by atoms with Crippen LogP contribution < -0.4 is 0 Å². The summed E-state index contributed by atoms with van der Waals surface area (Å²) in [5.41, 5.74) is 0. The summed E-state index contributed by atoms with van der Waals surface area (Å²) in [5.74, 6) is 0. The Balaban J connectivity index is 3.58. The fraction of sp³-hybridized carbons (Fsp3) is 1.00. The highest BCUT2D eigenvalue weighted by Crippen LogP contribution is 2.02. The van der Waals surface area contributed by atoms with Gasteiger partial charge in [0.15, 0.2) is 7.98 Å². The van der Waals surface area contributed by atoms with E-state index in [1.54, 1.807) is 0 Å². The maximum Gasteiger partial charge on any atom is 0.186 e. The molecule has 0 spiro atoms. The summed E-state index contributed by atoms with van der Waals surface area (Å²) in [6.45, 7) is 7.33. The van der Waals surface area contributed by atoms with Gasteiger partial charge in [-0.15, -0.1) is 0 Å². The molecule has 1 atom stereocenters. The predicted octanol–water partition coefficient (Wildman–Crippen LogP) is 1.000. The van der Waals surface area contributed by atoms with Crippen LogP contribution in [-0.2, 0) is 3.07 Å². The first-order chi connectivity index (χ1) is 4.59. The van der Waals surface area contributed by atoms with Gasteiger partial charge in [0.2, 0.25) is 0 Å². The first-order valence-corrected chi connectivity index (χ1v) is 4.43. The summed E-state index contributed by atoms with van der Waals surface area (Å²) in [7, 11) is 2.12. The van der Waals surface area contributed by atoms with E-state index in [-0.39, 0.29) is 0 Å². The largest absolute Gasteiger partial charge is 0.342 e. The average Bonchev–Trinajstić information content (AvgIpc) is 1.87. The van der Waals surface area contributed by atoms with Gasteiger partial charge >= 0.3 is 0 Å². The van der Waals surface area contributed by atoms with Crippen LogP contribution in [0.1, 0.15) is 20.8 Å². The smallest absolute Gasteiger partial charge is 0.186 e. The van der Waals surface area contributed by atoms with Crippen LogP contribution in [0, 0.1) is 0 Å². The number of rotatable bonds is 4. The standard InChI is InChI=1S/C6H15BINO/c1-5(2)9(7)6(3)4-10-8/h5-6H,4,7H2,1-3H3. The molecular formula is C6H15BINO. The summed E-state index contributed by atoms with van der Waals surface area (Å²) in [6, 6.07) is 1.11. The van der Waals surface area contributed by atoms with Crippen molar-refractivity contribution in [2.45, 2.75) is 32.9 Å². The Bertz CT molecular complexity index is 91.8. The highest BCUT2D eigenvalue weighted by atomic mass is 127. The van der Waals surface area contributed by atoms with Crippen molar-refractivity contribution in [3.8, 4) is 0 Å². The molecule has 60 valence electrons. The molecule has 0 aromatic rings. The zero-order valence-corrected chi connectivity index (χ0v) is 9.25. The molecule has 0 saturated carbocycles. The van der Waals surface area contributed by atoms with E-state index in [0.29, 0.717) is 12.1 Å². The lowest BCUT2D eigenvalue weighted by molar-refractivity contribution is 0.236. The lowest BCUT2D eigenvalue weighted by Gasteiger charge is -2.27. The van der Waals surface area contributed by atoms with Gasteiger partial charge in [-0.2, -0.15) is 0 Å². The van der Waals surface area contributed by atoms with Gasteiger partial charge < -0.3 is 7.88 Å². The van der Waals surface area contributed by atoms with Crippen LogP contribution >= 0.6 is 23.0 Å². The molecule has 0 fully saturated rings. The summed E-state index contributed by atoms with van der Waals surface area (Å²) in [5, 5.41) is 0. The average molecular weight is 255 g/mol. The molecule has 0 amide bonds. The Kier molecular flexibility index (Phi) is 5.76. The van der Waals surface area contributed by atoms with Crippen molar-refractivity contribution in [2.24, 2.45) is 0 Å². The van der Waals surface area contributed by atoms with Crippen molar-refractivity contribution >= 4 is 31.0 Å². The van der Waals surface area contributed by atoms with Gasteiger partial charge in [-0.3, -0.25) is 0 Å². The van der Waals surface area contributed by atoms with E-state index < -0.39 is 0 Å². The molecule has 0 aliphatic rings. The van der Waals surface area contributed by atoms with E-state index in [0.717, 1.165) is 6.61 Å². The number of hydrogen-bond donors (Lipinski definition) is 0. The fourth-order valence-corrected chi connectivity index (χ4v) is 1.24. The van der Waals surface area contributed by atoms with E-state index in [1.807, 2.05) is 23.0 Å². The van der Waals surface area contributed by atoms with Crippen LogP contribution in [-0.4, -0.2) is 31.5 Å². The van der Waals surface area contributed by atoms with Crippen LogP contribution in [0.2, 0.25) is 0 Å². The first kappa shape index (κ1) is 10.7. The third kappa shape index (κ3) is 3.78. The molecule has 0 aromatic carbocycles. The third-order valence-electron chi connectivity index (χ3n) is 1.81. The highest BCUT2D eigenvalue weighted by Gasteiger charge is 2.10. The van der Waals surface area contributed by atoms with Crippen LogP contribution in [0.15, 0.2) is 0 Å². The molecule has 0 N–H and O–H groups in total. The Morgan fingerprint density at radius 1 is 1.50 bits per heavy atom. The van der Waals surface area contributed by atoms with E-state index >= 15 is 0 Å². The van der Waals surface area contributed by atoms with Crippen molar-refractivity contribution in [3.05, 3.63) is 0 Å². The SMILES string of the molecule is BN(C(C)C)C(C)COI. The molecule has 0 aromatic heterocycles. The molecule has 0 radical (unpaired) electrons. The lowest BCUT2D eigenvalue weighted by atomic mass is 10.1. The molecule has 0 bridgehead atoms. The topological polar surface area (TPSA) is 12.5 Å².